The zero-order valence-corrected chi connectivity index (χ0v) is 45.2. The minimum absolute atomic E-state index is 0.0743. The molecule has 0 unspecified atom stereocenters. The van der Waals surface area contributed by atoms with Gasteiger partial charge in [-0.05, 0) is 123 Å². The summed E-state index contributed by atoms with van der Waals surface area (Å²) in [4.78, 5) is 39.8. The Balaban J connectivity index is 0.793. The Morgan fingerprint density at radius 1 is 0.974 bits per heavy atom. The lowest BCUT2D eigenvalue weighted by Gasteiger charge is -2.58. The molecule has 78 heavy (non-hydrogen) atoms. The predicted molar refractivity (Wildman–Crippen MR) is 293 cm³/mol. The van der Waals surface area contributed by atoms with Gasteiger partial charge in [0.1, 0.15) is 28.7 Å². The van der Waals surface area contributed by atoms with Crippen molar-refractivity contribution in [3.63, 3.8) is 0 Å². The highest BCUT2D eigenvalue weighted by atomic mass is 32.2. The third-order valence-electron chi connectivity index (χ3n) is 17.0. The van der Waals surface area contributed by atoms with Gasteiger partial charge >= 0.3 is 0 Å². The Morgan fingerprint density at radius 2 is 1.74 bits per heavy atom. The molecule has 1 atom stereocenters. The maximum absolute atomic E-state index is 16.7. The summed E-state index contributed by atoms with van der Waals surface area (Å²) in [7, 11) is -3.10. The van der Waals surface area contributed by atoms with E-state index in [1.807, 2.05) is 15.7 Å². The molecule has 2 saturated heterocycles. The maximum atomic E-state index is 16.7. The maximum Gasteiger partial charge on any atom is 0.293 e. The molecule has 11 rings (SSSR count). The summed E-state index contributed by atoms with van der Waals surface area (Å²) in [6.45, 7) is 11.3. The average Bonchev–Trinajstić information content (AvgIpc) is 4.26. The number of amides is 1. The molecule has 4 N–H and O–H groups in total. The molecule has 1 spiro atoms. The number of halogens is 1. The van der Waals surface area contributed by atoms with E-state index in [9.17, 15) is 28.4 Å². The topological polar surface area (TPSA) is 214 Å². The summed E-state index contributed by atoms with van der Waals surface area (Å²) >= 11 is 0. The molecule has 6 aromatic rings. The van der Waals surface area contributed by atoms with Crippen LogP contribution in [0, 0.1) is 27.3 Å². The second kappa shape index (κ2) is 21.3. The van der Waals surface area contributed by atoms with Gasteiger partial charge in [-0.15, -0.1) is 0 Å². The number of fused-ring (bicyclic) bond motifs is 2. The van der Waals surface area contributed by atoms with Crippen LogP contribution >= 0.6 is 0 Å². The molecule has 2 aliphatic carbocycles. The first-order chi connectivity index (χ1) is 37.4. The van der Waals surface area contributed by atoms with E-state index >= 15 is 4.39 Å². The Kier molecular flexibility index (Phi) is 14.5. The standard InChI is InChI=1S/C58H67FN8O10S/c1-36(2)43-7-5-6-8-44(43)50-34-64(33-39-9-12-51(74-4)54-53(39)75-35-76-54)23-24-66(50)40-29-58(30-40)18-21-65(22-19-58)48-28-52(77-41-25-38-15-20-60-55(38)62-32-41)45(27-46(48)59)56(68)63-78(72,73)42-10-11-47(49(26-42)67(70)71)61-31-37-13-16-57(3,69)17-14-37/h5-12,15,20,25-28,32,36-37,40,50,61,69H,13-14,16-19,21-24,29-31,33-35H2,1-4H3,(H,60,62)(H,63,68)/t37?,50-,57?/m0/s1. The molecule has 412 valence electrons. The van der Waals surface area contributed by atoms with Crippen LogP contribution in [0.2, 0.25) is 0 Å². The molecular formula is C58H67FN8O10S. The summed E-state index contributed by atoms with van der Waals surface area (Å²) < 4.78 is 70.0. The number of aliphatic hydroxyl groups is 1. The number of hydrogen-bond acceptors (Lipinski definition) is 15. The number of anilines is 2. The molecule has 5 aliphatic rings. The first-order valence-corrected chi connectivity index (χ1v) is 28.5. The molecule has 2 aromatic heterocycles. The fourth-order valence-corrected chi connectivity index (χ4v) is 13.5. The Hall–Kier alpha value is -7.00. The van der Waals surface area contributed by atoms with Crippen molar-refractivity contribution in [3.8, 4) is 28.7 Å². The second-order valence-electron chi connectivity index (χ2n) is 22.5. The van der Waals surface area contributed by atoms with Crippen molar-refractivity contribution in [1.82, 2.24) is 24.5 Å². The van der Waals surface area contributed by atoms with Crippen LogP contribution in [0.25, 0.3) is 11.0 Å². The summed E-state index contributed by atoms with van der Waals surface area (Å²) in [6.07, 6.45) is 9.54. The highest BCUT2D eigenvalue weighted by Gasteiger charge is 2.50. The molecule has 0 bridgehead atoms. The van der Waals surface area contributed by atoms with Crippen molar-refractivity contribution in [2.45, 2.75) is 107 Å². The molecule has 3 aliphatic heterocycles. The second-order valence-corrected chi connectivity index (χ2v) is 24.2. The number of sulfonamides is 1. The minimum atomic E-state index is -4.73. The lowest BCUT2D eigenvalue weighted by Crippen LogP contribution is -2.60. The van der Waals surface area contributed by atoms with E-state index in [0.717, 1.165) is 93.5 Å². The van der Waals surface area contributed by atoms with E-state index in [4.69, 9.17) is 18.9 Å². The number of rotatable bonds is 16. The van der Waals surface area contributed by atoms with Crippen LogP contribution in [0.15, 0.2) is 96.2 Å². The van der Waals surface area contributed by atoms with Gasteiger partial charge in [0.2, 0.25) is 12.5 Å². The third-order valence-corrected chi connectivity index (χ3v) is 18.3. The minimum Gasteiger partial charge on any atom is -0.493 e. The van der Waals surface area contributed by atoms with Gasteiger partial charge in [0.05, 0.1) is 40.0 Å². The summed E-state index contributed by atoms with van der Waals surface area (Å²) in [5.41, 5.74) is 3.15. The number of methoxy groups -OCH3 is 1. The molecule has 4 aromatic carbocycles. The average molecular weight is 1090 g/mol. The number of H-pyrrole nitrogens is 1. The number of ether oxygens (including phenoxy) is 4. The number of benzene rings is 4. The number of aromatic amines is 1. The van der Waals surface area contributed by atoms with E-state index in [2.05, 4.69) is 69.3 Å². The molecule has 2 saturated carbocycles. The zero-order valence-electron chi connectivity index (χ0n) is 44.4. The number of nitrogens with zero attached hydrogens (tertiary/aromatic N) is 5. The Labute approximate surface area is 453 Å². The van der Waals surface area contributed by atoms with Crippen LogP contribution in [-0.4, -0.2) is 109 Å². The van der Waals surface area contributed by atoms with Gasteiger partial charge in [-0.1, -0.05) is 44.2 Å². The van der Waals surface area contributed by atoms with Gasteiger partial charge in [-0.2, -0.15) is 0 Å². The number of nitro benzene ring substituents is 1. The number of carbonyl (C=O) groups is 1. The molecule has 18 nitrogen and oxygen atoms in total. The van der Waals surface area contributed by atoms with Crippen molar-refractivity contribution < 1.29 is 46.6 Å². The van der Waals surface area contributed by atoms with Crippen molar-refractivity contribution in [3.05, 3.63) is 129 Å². The van der Waals surface area contributed by atoms with Gasteiger partial charge < -0.3 is 39.3 Å². The molecule has 1 amide bonds. The predicted octanol–water partition coefficient (Wildman–Crippen LogP) is 10.0. The highest BCUT2D eigenvalue weighted by Crippen LogP contribution is 2.54. The first kappa shape index (κ1) is 53.0. The Morgan fingerprint density at radius 3 is 2.50 bits per heavy atom. The molecule has 4 fully saturated rings. The van der Waals surface area contributed by atoms with E-state index in [0.29, 0.717) is 61.6 Å². The van der Waals surface area contributed by atoms with Crippen molar-refractivity contribution in [2.75, 3.05) is 63.4 Å². The van der Waals surface area contributed by atoms with Crippen LogP contribution in [0.4, 0.5) is 21.5 Å². The van der Waals surface area contributed by atoms with E-state index < -0.39 is 48.4 Å². The fraction of sp³-hybridized carbons (Fsp3) is 0.448. The number of carbonyl (C=O) groups excluding carboxylic acids is 1. The largest absolute Gasteiger partial charge is 0.493 e. The van der Waals surface area contributed by atoms with Crippen LogP contribution in [0.3, 0.4) is 0 Å². The normalized spacial score (nSPS) is 21.7. The van der Waals surface area contributed by atoms with Crippen molar-refractivity contribution >= 4 is 44.0 Å². The lowest BCUT2D eigenvalue weighted by atomic mass is 9.59. The quantitative estimate of drug-likeness (QED) is 0.0524. The molecule has 5 heterocycles. The van der Waals surface area contributed by atoms with Crippen molar-refractivity contribution in [1.29, 1.82) is 0 Å². The number of pyridine rings is 1. The van der Waals surface area contributed by atoms with Crippen LogP contribution < -0.4 is 33.9 Å². The number of aromatic nitrogens is 2. The van der Waals surface area contributed by atoms with Crippen LogP contribution in [0.1, 0.15) is 111 Å². The monoisotopic (exact) mass is 1090 g/mol. The van der Waals surface area contributed by atoms with Gasteiger partial charge in [0, 0.05) is 87.2 Å². The summed E-state index contributed by atoms with van der Waals surface area (Å²) in [5.74, 6) is 0.787. The van der Waals surface area contributed by atoms with Gasteiger partial charge in [-0.25, -0.2) is 22.5 Å². The van der Waals surface area contributed by atoms with Crippen LogP contribution in [-0.2, 0) is 16.6 Å². The summed E-state index contributed by atoms with van der Waals surface area (Å²) in [6, 6.07) is 22.7. The van der Waals surface area contributed by atoms with E-state index in [1.54, 1.807) is 32.4 Å². The van der Waals surface area contributed by atoms with Crippen molar-refractivity contribution in [2.24, 2.45) is 11.3 Å². The number of nitrogens with one attached hydrogen (secondary N) is 3. The number of piperazine rings is 1. The number of piperidine rings is 1. The lowest BCUT2D eigenvalue weighted by molar-refractivity contribution is -0.384. The van der Waals surface area contributed by atoms with Gasteiger partial charge in [0.15, 0.2) is 11.5 Å². The Bertz CT molecular complexity index is 3350. The van der Waals surface area contributed by atoms with E-state index in [-0.39, 0.29) is 47.0 Å². The van der Waals surface area contributed by atoms with E-state index in [1.165, 1.54) is 35.5 Å². The molecule has 20 heteroatoms. The SMILES string of the molecule is COc1ccc(CN2CCN(C3CC4(CCN(c5cc(Oc6cnc7[nH]ccc7c6)c(C(=O)NS(=O)(=O)c6ccc(NCC7CCC(C)(O)CC7)c([N+](=O)[O-])c6)cc5F)CC4)C3)[C@H](c3ccccc3C(C)C)C2)c2c1OCO2. The molecular weight excluding hydrogens is 1020 g/mol. The molecule has 0 radical (unpaired) electrons. The zero-order chi connectivity index (χ0) is 54.5. The highest BCUT2D eigenvalue weighted by molar-refractivity contribution is 7.90. The van der Waals surface area contributed by atoms with Gasteiger partial charge in [-0.3, -0.25) is 24.7 Å². The van der Waals surface area contributed by atoms with Crippen LogP contribution in [0.5, 0.6) is 28.7 Å². The summed E-state index contributed by atoms with van der Waals surface area (Å²) in [5, 5.41) is 26.4. The fourth-order valence-electron chi connectivity index (χ4n) is 12.5. The first-order valence-electron chi connectivity index (χ1n) is 27.0. The number of hydrogen-bond donors (Lipinski definition) is 4. The number of nitro groups is 1. The smallest absolute Gasteiger partial charge is 0.293 e. The van der Waals surface area contributed by atoms with Gasteiger partial charge in [0.25, 0.3) is 21.6 Å². The third kappa shape index (κ3) is 10.8.